The van der Waals surface area contributed by atoms with Gasteiger partial charge in [-0.1, -0.05) is 24.0 Å². The topological polar surface area (TPSA) is 305 Å². The molecule has 494 valence electrons. The molecule has 2 unspecified atom stereocenters. The third-order valence-electron chi connectivity index (χ3n) is 15.1. The summed E-state index contributed by atoms with van der Waals surface area (Å²) in [4.78, 5) is 95.4. The third kappa shape index (κ3) is 18.9. The highest BCUT2D eigenvalue weighted by molar-refractivity contribution is 7.46. The summed E-state index contributed by atoms with van der Waals surface area (Å²) in [6.45, 7) is -2.56. The maximum Gasteiger partial charge on any atom is 0.510 e. The number of alkyl carbamates (subject to hydrolysis) is 2. The van der Waals surface area contributed by atoms with Crippen molar-refractivity contribution in [3.8, 4) is 11.8 Å². The number of alkyl halides is 8. The number of nitrogens with zero attached hydrogens (tertiary/aromatic N) is 4. The molecule has 35 heteroatoms. The first-order chi connectivity index (χ1) is 42.0. The predicted molar refractivity (Wildman–Crippen MR) is 295 cm³/mol. The number of hydrazine groups is 1. The van der Waals surface area contributed by atoms with E-state index in [1.165, 1.54) is 29.6 Å². The number of carbonyl (C=O) groups excluding carboxylic acids is 5. The number of benzene rings is 2. The van der Waals surface area contributed by atoms with Crippen molar-refractivity contribution in [2.75, 3.05) is 58.8 Å². The molecular formula is C55H65F10N10O14P. The van der Waals surface area contributed by atoms with Crippen molar-refractivity contribution in [1.29, 1.82) is 5.41 Å². The maximum atomic E-state index is 16.3. The van der Waals surface area contributed by atoms with Gasteiger partial charge in [0.25, 0.3) is 5.91 Å². The highest BCUT2D eigenvalue weighted by Gasteiger charge is 2.57. The summed E-state index contributed by atoms with van der Waals surface area (Å²) in [6.07, 6.45) is -14.0. The van der Waals surface area contributed by atoms with E-state index < -0.39 is 147 Å². The van der Waals surface area contributed by atoms with E-state index in [4.69, 9.17) is 14.9 Å². The number of fused-ring (bicyclic) bond motifs is 2. The normalized spacial score (nSPS) is 17.9. The van der Waals surface area contributed by atoms with Gasteiger partial charge in [-0.3, -0.25) is 19.9 Å². The molecule has 0 spiro atoms. The smallest absolute Gasteiger partial charge is 0.453 e. The van der Waals surface area contributed by atoms with Gasteiger partial charge in [-0.25, -0.2) is 42.2 Å². The highest BCUT2D eigenvalue weighted by atomic mass is 31.2. The Bertz CT molecular complexity index is 3160. The van der Waals surface area contributed by atoms with E-state index in [0.717, 1.165) is 38.9 Å². The molecule has 2 aromatic carbocycles. The van der Waals surface area contributed by atoms with Crippen LogP contribution in [0.2, 0.25) is 0 Å². The number of nitrogens with one attached hydrogen (secondary N) is 6. The Morgan fingerprint density at radius 1 is 0.822 bits per heavy atom. The fourth-order valence-corrected chi connectivity index (χ4v) is 9.98. The molecular weight excluding hydrogens is 1250 g/mol. The first kappa shape index (κ1) is 71.3. The highest BCUT2D eigenvalue weighted by Crippen LogP contribution is 2.42. The van der Waals surface area contributed by atoms with E-state index in [0.29, 0.717) is 107 Å². The average Bonchev–Trinajstić information content (AvgIpc) is 1.49. The van der Waals surface area contributed by atoms with Gasteiger partial charge >= 0.3 is 45.1 Å². The summed E-state index contributed by atoms with van der Waals surface area (Å²) in [5, 5.41) is 15.8. The van der Waals surface area contributed by atoms with Gasteiger partial charge in [-0.2, -0.15) is 35.1 Å². The standard InChI is InChI=1S/C55H65F10N10O14P/c1-52(2,54(60,61)62)44(70-49(78)84-5)46(76)69-41(19-31-10-7-30(8-11-31)9-12-32-13-16-43(68-22-32)73-23-34-14-15-35(24-73)75(34)36-27-86-28-36)42(89-51(80)87-29-88-90(81,82)83)26-74(72-47(77)45(71-50(79)85-6)53(3,4)55(63,64)65)25-37-38(56)20-33(21-39(37)57)40(66)17-18-67-48(58)59/h7-8,10-11,13,16-18,20-22,34-36,41-42,44-45,48,66-67H,14-15,19,23-29H2,1-6H3,(H,69,76)(H,70,78)(H,71,79)(H,72,77)(H2,81,82,83)/b18-17-,66-40?/t34?,35?,41-,42-,44+,45+/m0/s1. The van der Waals surface area contributed by atoms with E-state index in [-0.39, 0.29) is 5.56 Å². The van der Waals surface area contributed by atoms with Crippen LogP contribution in [0.25, 0.3) is 0 Å². The summed E-state index contributed by atoms with van der Waals surface area (Å²) in [6, 6.07) is 3.90. The fourth-order valence-electron chi connectivity index (χ4n) is 9.79. The Balaban J connectivity index is 1.43. The molecule has 0 saturated carbocycles. The number of phosphoric acid groups is 1. The zero-order valence-corrected chi connectivity index (χ0v) is 49.7. The minimum absolute atomic E-state index is 0.0907. The third-order valence-corrected chi connectivity index (χ3v) is 15.5. The largest absolute Gasteiger partial charge is 0.510 e. The summed E-state index contributed by atoms with van der Waals surface area (Å²) in [7, 11) is -3.97. The second kappa shape index (κ2) is 29.9. The van der Waals surface area contributed by atoms with Crippen molar-refractivity contribution in [2.24, 2.45) is 10.8 Å². The van der Waals surface area contributed by atoms with Crippen LogP contribution in [-0.2, 0) is 55.3 Å². The number of hydrogen-bond donors (Lipinski definition) is 8. The number of ether oxygens (including phenoxy) is 5. The SMILES string of the molecule is COC(=O)N[C@H](C(=O)N[C@@H](Cc1ccc(C#Cc2ccc(N3CC4CCC(C3)N4C3COC3)nc2)cc1)[C@H](CN(Cc1c(F)cc(C(=N)/C=C\NC(F)F)cc1F)NC(=O)[C@@H](NC(=O)OC)C(C)(C)C(F)(F)F)OC(=O)OCOP(=O)(O)O)C(C)(C)C(F)(F)F. The van der Waals surface area contributed by atoms with E-state index in [9.17, 15) is 73.4 Å². The van der Waals surface area contributed by atoms with Gasteiger partial charge in [0.05, 0.1) is 62.6 Å². The van der Waals surface area contributed by atoms with Gasteiger partial charge in [-0.05, 0) is 95.0 Å². The molecule has 3 aliphatic heterocycles. The Morgan fingerprint density at radius 3 is 1.86 bits per heavy atom. The fraction of sp³-hybridized carbons (Fsp3) is 0.509. The van der Waals surface area contributed by atoms with Gasteiger partial charge in [0.15, 0.2) is 0 Å². The van der Waals surface area contributed by atoms with Gasteiger partial charge in [0.1, 0.15) is 35.6 Å². The Hall–Kier alpha value is -7.80. The van der Waals surface area contributed by atoms with Crippen molar-refractivity contribution in [2.45, 2.75) is 115 Å². The molecule has 24 nitrogen and oxygen atoms in total. The number of rotatable bonds is 25. The van der Waals surface area contributed by atoms with Crippen molar-refractivity contribution in [1.82, 2.24) is 41.6 Å². The molecule has 8 N–H and O–H groups in total. The van der Waals surface area contributed by atoms with Crippen LogP contribution in [0.5, 0.6) is 0 Å². The minimum atomic E-state index is -5.43. The number of carbonyl (C=O) groups is 5. The van der Waals surface area contributed by atoms with Crippen molar-refractivity contribution < 1.29 is 110 Å². The number of aromatic nitrogens is 1. The molecule has 3 fully saturated rings. The number of anilines is 1. The van der Waals surface area contributed by atoms with Crippen molar-refractivity contribution in [3.05, 3.63) is 106 Å². The lowest BCUT2D eigenvalue weighted by atomic mass is 9.82. The lowest BCUT2D eigenvalue weighted by molar-refractivity contribution is -0.221. The number of piperazine rings is 1. The number of phosphoric ester groups is 1. The van der Waals surface area contributed by atoms with Crippen LogP contribution >= 0.6 is 7.82 Å². The zero-order valence-electron chi connectivity index (χ0n) is 48.8. The average molecular weight is 1310 g/mol. The molecule has 4 amide bonds. The number of pyridine rings is 1. The van der Waals surface area contributed by atoms with E-state index in [1.807, 2.05) is 11.5 Å². The van der Waals surface area contributed by atoms with Crippen LogP contribution in [0.3, 0.4) is 0 Å². The molecule has 1 aromatic heterocycles. The van der Waals surface area contributed by atoms with Gasteiger partial charge < -0.3 is 65.0 Å². The Kier molecular flexibility index (Phi) is 23.7. The summed E-state index contributed by atoms with van der Waals surface area (Å²) >= 11 is 0. The van der Waals surface area contributed by atoms with Crippen molar-refractivity contribution >= 4 is 49.5 Å². The first-order valence-electron chi connectivity index (χ1n) is 27.2. The molecule has 3 saturated heterocycles. The maximum absolute atomic E-state index is 16.3. The van der Waals surface area contributed by atoms with Crippen LogP contribution in [0.1, 0.15) is 68.4 Å². The number of halogens is 10. The lowest BCUT2D eigenvalue weighted by Gasteiger charge is -2.47. The second-order valence-corrected chi connectivity index (χ2v) is 23.2. The van der Waals surface area contributed by atoms with Crippen LogP contribution in [0.15, 0.2) is 67.0 Å². The molecule has 0 aliphatic carbocycles. The summed E-state index contributed by atoms with van der Waals surface area (Å²) in [5.41, 5.74) is -6.07. The summed E-state index contributed by atoms with van der Waals surface area (Å²) in [5.74, 6) is -0.0684. The van der Waals surface area contributed by atoms with E-state index >= 15 is 8.78 Å². The van der Waals surface area contributed by atoms with E-state index in [2.05, 4.69) is 50.7 Å². The molecule has 6 rings (SSSR count). The monoisotopic (exact) mass is 1310 g/mol. The second-order valence-electron chi connectivity index (χ2n) is 22.0. The summed E-state index contributed by atoms with van der Waals surface area (Å²) < 4.78 is 187. The zero-order chi connectivity index (χ0) is 66.7. The predicted octanol–water partition coefficient (Wildman–Crippen LogP) is 6.28. The first-order valence-corrected chi connectivity index (χ1v) is 28.7. The van der Waals surface area contributed by atoms with Crippen LogP contribution in [0.4, 0.5) is 64.1 Å². The number of amides is 4. The minimum Gasteiger partial charge on any atom is -0.453 e. The molecule has 3 aliphatic rings. The van der Waals surface area contributed by atoms with Gasteiger partial charge in [0, 0.05) is 66.4 Å². The van der Waals surface area contributed by atoms with Crippen LogP contribution in [0, 0.1) is 39.7 Å². The van der Waals surface area contributed by atoms with Gasteiger partial charge in [-0.15, -0.1) is 0 Å². The molecule has 6 atom stereocenters. The number of allylic oxidation sites excluding steroid dienone is 1. The Morgan fingerprint density at radius 2 is 1.37 bits per heavy atom. The molecule has 3 aromatic rings. The lowest BCUT2D eigenvalue weighted by Crippen LogP contribution is -2.64. The van der Waals surface area contributed by atoms with Crippen LogP contribution in [-0.4, -0.2) is 176 Å². The Labute approximate surface area is 508 Å². The van der Waals surface area contributed by atoms with E-state index in [1.54, 1.807) is 22.9 Å². The molecule has 4 heterocycles. The number of hydrogen-bond acceptors (Lipinski definition) is 18. The molecule has 0 radical (unpaired) electrons. The number of methoxy groups -OCH3 is 2. The molecule has 2 bridgehead atoms. The van der Waals surface area contributed by atoms with Gasteiger partial charge in [0.2, 0.25) is 12.7 Å². The quantitative estimate of drug-likeness (QED) is 0.00533. The molecule has 90 heavy (non-hydrogen) atoms. The van der Waals surface area contributed by atoms with Crippen molar-refractivity contribution in [3.63, 3.8) is 0 Å². The van der Waals surface area contributed by atoms with Crippen LogP contribution < -0.4 is 31.6 Å².